The van der Waals surface area contributed by atoms with Crippen LogP contribution < -0.4 is 10.4 Å². The van der Waals surface area contributed by atoms with Crippen molar-refractivity contribution < 1.29 is 9.22 Å². The van der Waals surface area contributed by atoms with Crippen molar-refractivity contribution in [2.75, 3.05) is 0 Å². The van der Waals surface area contributed by atoms with E-state index in [1.54, 1.807) is 0 Å². The molecule has 0 atom stereocenters. The molecule has 1 aliphatic rings. The van der Waals surface area contributed by atoms with Crippen molar-refractivity contribution in [3.63, 3.8) is 0 Å². The van der Waals surface area contributed by atoms with Crippen LogP contribution in [-0.2, 0) is 9.22 Å². The number of carbonyl (C=O) groups is 1. The third-order valence-corrected chi connectivity index (χ3v) is 10.2. The SMILES string of the molecule is CC(C)(C)[Si](O[C@H]1C[C@@H](C=O)C1)(c1ccccc1)c1ccccc1. The highest BCUT2D eigenvalue weighted by Gasteiger charge is 2.52. The highest BCUT2D eigenvalue weighted by molar-refractivity contribution is 6.99. The molecule has 1 saturated carbocycles. The van der Waals surface area contributed by atoms with Gasteiger partial charge < -0.3 is 9.22 Å². The van der Waals surface area contributed by atoms with Gasteiger partial charge in [0.25, 0.3) is 8.32 Å². The Bertz CT molecular complexity index is 630. The van der Waals surface area contributed by atoms with Crippen LogP contribution in [0.15, 0.2) is 60.7 Å². The summed E-state index contributed by atoms with van der Waals surface area (Å²) in [6, 6.07) is 21.4. The number of rotatable bonds is 5. The molecule has 2 nitrogen and oxygen atoms in total. The molecule has 2 aromatic rings. The van der Waals surface area contributed by atoms with Gasteiger partial charge in [0.1, 0.15) is 6.29 Å². The lowest BCUT2D eigenvalue weighted by atomic mass is 9.84. The van der Waals surface area contributed by atoms with Gasteiger partial charge in [0.15, 0.2) is 0 Å². The second-order valence-corrected chi connectivity index (χ2v) is 12.0. The maximum Gasteiger partial charge on any atom is 0.261 e. The fourth-order valence-corrected chi connectivity index (χ4v) is 8.46. The minimum absolute atomic E-state index is 0.00196. The highest BCUT2D eigenvalue weighted by Crippen LogP contribution is 2.41. The van der Waals surface area contributed by atoms with E-state index in [-0.39, 0.29) is 17.1 Å². The van der Waals surface area contributed by atoms with Crippen LogP contribution >= 0.6 is 0 Å². The Morgan fingerprint density at radius 2 is 1.38 bits per heavy atom. The Hall–Kier alpha value is -1.71. The van der Waals surface area contributed by atoms with Crippen LogP contribution in [0.4, 0.5) is 0 Å². The average molecular weight is 339 g/mol. The summed E-state index contributed by atoms with van der Waals surface area (Å²) in [5.74, 6) is 0.174. The third kappa shape index (κ3) is 2.98. The molecular formula is C21H26O2Si. The maximum absolute atomic E-state index is 11.0. The van der Waals surface area contributed by atoms with Crippen molar-refractivity contribution in [2.45, 2.75) is 44.8 Å². The van der Waals surface area contributed by atoms with Crippen LogP contribution in [0.5, 0.6) is 0 Å². The van der Waals surface area contributed by atoms with Gasteiger partial charge in [-0.15, -0.1) is 0 Å². The number of aldehydes is 1. The summed E-state index contributed by atoms with van der Waals surface area (Å²) in [5, 5.41) is 2.61. The smallest absolute Gasteiger partial charge is 0.261 e. The first-order chi connectivity index (χ1) is 11.5. The van der Waals surface area contributed by atoms with Crippen LogP contribution in [-0.4, -0.2) is 20.7 Å². The first kappa shape index (κ1) is 17.1. The first-order valence-corrected chi connectivity index (χ1v) is 10.6. The normalized spacial score (nSPS) is 21.1. The zero-order valence-electron chi connectivity index (χ0n) is 14.7. The largest absolute Gasteiger partial charge is 0.404 e. The summed E-state index contributed by atoms with van der Waals surface area (Å²) in [6.45, 7) is 6.86. The lowest BCUT2D eigenvalue weighted by Gasteiger charge is -2.48. The Balaban J connectivity index is 2.09. The first-order valence-electron chi connectivity index (χ1n) is 8.71. The molecule has 0 amide bonds. The molecule has 0 radical (unpaired) electrons. The molecule has 2 aromatic carbocycles. The Labute approximate surface area is 146 Å². The van der Waals surface area contributed by atoms with Gasteiger partial charge in [0, 0.05) is 12.0 Å². The molecule has 0 aromatic heterocycles. The summed E-state index contributed by atoms with van der Waals surface area (Å²) in [5.41, 5.74) is 0. The molecule has 0 spiro atoms. The Morgan fingerprint density at radius 1 is 0.917 bits per heavy atom. The summed E-state index contributed by atoms with van der Waals surface area (Å²) in [7, 11) is -2.44. The lowest BCUT2D eigenvalue weighted by Crippen LogP contribution is -2.68. The van der Waals surface area contributed by atoms with E-state index in [9.17, 15) is 4.79 Å². The van der Waals surface area contributed by atoms with E-state index in [0.717, 1.165) is 19.1 Å². The number of hydrogen-bond acceptors (Lipinski definition) is 2. The van der Waals surface area contributed by atoms with Crippen LogP contribution in [0.25, 0.3) is 0 Å². The molecule has 24 heavy (non-hydrogen) atoms. The van der Waals surface area contributed by atoms with Crippen LogP contribution in [0.1, 0.15) is 33.6 Å². The highest BCUT2D eigenvalue weighted by atomic mass is 28.4. The molecule has 0 aliphatic heterocycles. The van der Waals surface area contributed by atoms with Crippen molar-refractivity contribution in [1.82, 2.24) is 0 Å². The minimum atomic E-state index is -2.44. The van der Waals surface area contributed by atoms with Gasteiger partial charge in [-0.25, -0.2) is 0 Å². The van der Waals surface area contributed by atoms with Gasteiger partial charge in [-0.3, -0.25) is 0 Å². The minimum Gasteiger partial charge on any atom is -0.404 e. The van der Waals surface area contributed by atoms with Gasteiger partial charge in [-0.1, -0.05) is 81.4 Å². The van der Waals surface area contributed by atoms with E-state index in [1.807, 2.05) is 0 Å². The number of hydrogen-bond donors (Lipinski definition) is 0. The van der Waals surface area contributed by atoms with Gasteiger partial charge in [-0.2, -0.15) is 0 Å². The van der Waals surface area contributed by atoms with Crippen LogP contribution in [0, 0.1) is 5.92 Å². The zero-order chi connectivity index (χ0) is 17.2. The molecule has 126 valence electrons. The summed E-state index contributed by atoms with van der Waals surface area (Å²) >= 11 is 0. The summed E-state index contributed by atoms with van der Waals surface area (Å²) in [4.78, 5) is 11.0. The molecule has 0 bridgehead atoms. The van der Waals surface area contributed by atoms with E-state index in [2.05, 4.69) is 81.4 Å². The predicted octanol–water partition coefficient (Wildman–Crippen LogP) is 3.54. The molecule has 3 heteroatoms. The molecule has 3 rings (SSSR count). The van der Waals surface area contributed by atoms with Gasteiger partial charge in [0.2, 0.25) is 0 Å². The van der Waals surface area contributed by atoms with Gasteiger partial charge >= 0.3 is 0 Å². The van der Waals surface area contributed by atoms with Crippen LogP contribution in [0.3, 0.4) is 0 Å². The number of benzene rings is 2. The van der Waals surface area contributed by atoms with E-state index in [1.165, 1.54) is 10.4 Å². The average Bonchev–Trinajstić information content (AvgIpc) is 2.54. The molecule has 0 unspecified atom stereocenters. The van der Waals surface area contributed by atoms with Crippen molar-refractivity contribution >= 4 is 25.0 Å². The fraction of sp³-hybridized carbons (Fsp3) is 0.381. The van der Waals surface area contributed by atoms with Gasteiger partial charge in [0.05, 0.1) is 0 Å². The standard InChI is InChI=1S/C21H26O2Si/c1-21(2,3)24(19-10-6-4-7-11-19,20-12-8-5-9-13-20)23-18-14-17(15-18)16-22/h4-13,16-18H,14-15H2,1-3H3/t17-,18+. The second-order valence-electron chi connectivity index (χ2n) is 7.77. The molecule has 0 N–H and O–H groups in total. The van der Waals surface area contributed by atoms with E-state index in [4.69, 9.17) is 4.43 Å². The van der Waals surface area contributed by atoms with E-state index < -0.39 is 8.32 Å². The third-order valence-electron chi connectivity index (χ3n) is 5.08. The van der Waals surface area contributed by atoms with Crippen molar-refractivity contribution in [2.24, 2.45) is 5.92 Å². The van der Waals surface area contributed by atoms with Crippen molar-refractivity contribution in [3.8, 4) is 0 Å². The van der Waals surface area contributed by atoms with E-state index in [0.29, 0.717) is 0 Å². The predicted molar refractivity (Wildman–Crippen MR) is 101 cm³/mol. The topological polar surface area (TPSA) is 26.3 Å². The quantitative estimate of drug-likeness (QED) is 0.616. The fourth-order valence-electron chi connectivity index (χ4n) is 3.75. The number of carbonyl (C=O) groups excluding carboxylic acids is 1. The van der Waals surface area contributed by atoms with Gasteiger partial charge in [-0.05, 0) is 28.3 Å². The summed E-state index contributed by atoms with van der Waals surface area (Å²) < 4.78 is 6.92. The second kappa shape index (κ2) is 6.65. The Kier molecular flexibility index (Phi) is 4.75. The maximum atomic E-state index is 11.0. The molecular weight excluding hydrogens is 312 g/mol. The monoisotopic (exact) mass is 338 g/mol. The van der Waals surface area contributed by atoms with Crippen molar-refractivity contribution in [3.05, 3.63) is 60.7 Å². The zero-order valence-corrected chi connectivity index (χ0v) is 15.7. The molecule has 0 saturated heterocycles. The lowest BCUT2D eigenvalue weighted by molar-refractivity contribution is -0.116. The summed E-state index contributed by atoms with van der Waals surface area (Å²) in [6.07, 6.45) is 2.97. The van der Waals surface area contributed by atoms with E-state index >= 15 is 0 Å². The Morgan fingerprint density at radius 3 is 1.75 bits per heavy atom. The van der Waals surface area contributed by atoms with Crippen LogP contribution in [0.2, 0.25) is 5.04 Å². The van der Waals surface area contributed by atoms with Crippen molar-refractivity contribution in [1.29, 1.82) is 0 Å². The molecule has 1 aliphatic carbocycles. The molecule has 0 heterocycles. The molecule has 1 fully saturated rings.